The largest absolute Gasteiger partial charge is 0.467 e. The minimum absolute atomic E-state index is 0.229. The summed E-state index contributed by atoms with van der Waals surface area (Å²) < 4.78 is 32.5. The summed E-state index contributed by atoms with van der Waals surface area (Å²) in [5.74, 6) is 1.27. The van der Waals surface area contributed by atoms with Gasteiger partial charge >= 0.3 is 0 Å². The standard InChI is InChI=1S/C11H11F2N3O/c12-11(13)8-6-7(9-2-1-5-17-9)15-10-3-4-14-16(8)10/h1-5,7-8,11,15H,6H2. The minimum atomic E-state index is -2.44. The van der Waals surface area contributed by atoms with Crippen molar-refractivity contribution < 1.29 is 13.2 Å². The van der Waals surface area contributed by atoms with Crippen molar-refractivity contribution in [2.75, 3.05) is 5.32 Å². The number of hydrogen-bond acceptors (Lipinski definition) is 3. The van der Waals surface area contributed by atoms with Crippen LogP contribution < -0.4 is 5.32 Å². The van der Waals surface area contributed by atoms with E-state index in [1.165, 1.54) is 10.9 Å². The van der Waals surface area contributed by atoms with Gasteiger partial charge in [0.2, 0.25) is 0 Å². The van der Waals surface area contributed by atoms with Gasteiger partial charge in [0.1, 0.15) is 17.6 Å². The molecule has 2 aromatic rings. The number of fused-ring (bicyclic) bond motifs is 1. The van der Waals surface area contributed by atoms with Gasteiger partial charge in [0, 0.05) is 12.5 Å². The van der Waals surface area contributed by atoms with Crippen LogP contribution in [-0.4, -0.2) is 16.2 Å². The molecule has 6 heteroatoms. The summed E-state index contributed by atoms with van der Waals surface area (Å²) in [6, 6.07) is 4.08. The zero-order valence-electron chi connectivity index (χ0n) is 8.88. The van der Waals surface area contributed by atoms with Crippen LogP contribution in [0, 0.1) is 0 Å². The molecule has 0 amide bonds. The SMILES string of the molecule is FC(F)C1CC(c2ccco2)Nc2ccnn21. The van der Waals surface area contributed by atoms with Gasteiger partial charge in [-0.2, -0.15) is 5.10 Å². The number of hydrogen-bond donors (Lipinski definition) is 1. The maximum Gasteiger partial charge on any atom is 0.260 e. The van der Waals surface area contributed by atoms with Gasteiger partial charge in [-0.25, -0.2) is 13.5 Å². The Morgan fingerprint density at radius 1 is 1.47 bits per heavy atom. The third kappa shape index (κ3) is 1.69. The summed E-state index contributed by atoms with van der Waals surface area (Å²) in [4.78, 5) is 0. The molecule has 2 atom stereocenters. The van der Waals surface area contributed by atoms with Crippen LogP contribution in [0.1, 0.15) is 24.3 Å². The lowest BCUT2D eigenvalue weighted by molar-refractivity contribution is 0.0645. The van der Waals surface area contributed by atoms with Gasteiger partial charge < -0.3 is 9.73 Å². The van der Waals surface area contributed by atoms with Crippen LogP contribution >= 0.6 is 0 Å². The van der Waals surface area contributed by atoms with Crippen molar-refractivity contribution in [2.24, 2.45) is 0 Å². The molecule has 0 saturated carbocycles. The number of aromatic nitrogens is 2. The number of nitrogens with zero attached hydrogens (tertiary/aromatic N) is 2. The fraction of sp³-hybridized carbons (Fsp3) is 0.364. The molecule has 0 saturated heterocycles. The fourth-order valence-electron chi connectivity index (χ4n) is 2.16. The Kier molecular flexibility index (Phi) is 2.35. The normalized spacial score (nSPS) is 23.5. The zero-order chi connectivity index (χ0) is 11.8. The molecule has 0 aliphatic carbocycles. The second kappa shape index (κ2) is 3.87. The Labute approximate surface area is 96.2 Å². The molecule has 3 heterocycles. The maximum atomic E-state index is 13.0. The van der Waals surface area contributed by atoms with Crippen LogP contribution in [0.25, 0.3) is 0 Å². The smallest absolute Gasteiger partial charge is 0.260 e. The summed E-state index contributed by atoms with van der Waals surface area (Å²) in [6.07, 6.45) is 0.885. The van der Waals surface area contributed by atoms with Crippen LogP contribution in [0.3, 0.4) is 0 Å². The number of anilines is 1. The van der Waals surface area contributed by atoms with E-state index in [-0.39, 0.29) is 12.5 Å². The lowest BCUT2D eigenvalue weighted by Gasteiger charge is -2.30. The first-order valence-electron chi connectivity index (χ1n) is 5.37. The summed E-state index contributed by atoms with van der Waals surface area (Å²) in [5, 5.41) is 7.06. The molecule has 1 aliphatic heterocycles. The summed E-state index contributed by atoms with van der Waals surface area (Å²) in [6.45, 7) is 0. The van der Waals surface area contributed by atoms with Crippen LogP contribution in [0.5, 0.6) is 0 Å². The van der Waals surface area contributed by atoms with E-state index in [9.17, 15) is 8.78 Å². The van der Waals surface area contributed by atoms with Gasteiger partial charge in [-0.15, -0.1) is 0 Å². The molecule has 0 aromatic carbocycles. The lowest BCUT2D eigenvalue weighted by Crippen LogP contribution is -2.30. The average Bonchev–Trinajstić information content (AvgIpc) is 2.98. The lowest BCUT2D eigenvalue weighted by atomic mass is 10.0. The summed E-state index contributed by atoms with van der Waals surface area (Å²) in [7, 11) is 0. The first-order valence-corrected chi connectivity index (χ1v) is 5.37. The maximum absolute atomic E-state index is 13.0. The van der Waals surface area contributed by atoms with Crippen molar-refractivity contribution in [1.82, 2.24) is 9.78 Å². The molecule has 2 unspecified atom stereocenters. The Bertz CT molecular complexity index is 495. The average molecular weight is 239 g/mol. The molecular formula is C11H11F2N3O. The predicted octanol–water partition coefficient (Wildman–Crippen LogP) is 2.84. The van der Waals surface area contributed by atoms with Crippen LogP contribution in [0.4, 0.5) is 14.6 Å². The monoisotopic (exact) mass is 239 g/mol. The molecular weight excluding hydrogens is 228 g/mol. The van der Waals surface area contributed by atoms with E-state index in [4.69, 9.17) is 4.42 Å². The molecule has 1 aliphatic rings. The predicted molar refractivity (Wildman–Crippen MR) is 57.0 cm³/mol. The van der Waals surface area contributed by atoms with Crippen molar-refractivity contribution in [1.29, 1.82) is 0 Å². The zero-order valence-corrected chi connectivity index (χ0v) is 8.88. The molecule has 0 spiro atoms. The Morgan fingerprint density at radius 2 is 2.35 bits per heavy atom. The Balaban J connectivity index is 1.94. The highest BCUT2D eigenvalue weighted by molar-refractivity contribution is 5.39. The number of nitrogens with one attached hydrogen (secondary N) is 1. The minimum Gasteiger partial charge on any atom is -0.467 e. The number of rotatable bonds is 2. The quantitative estimate of drug-likeness (QED) is 0.876. The van der Waals surface area contributed by atoms with Crippen molar-refractivity contribution >= 4 is 5.82 Å². The number of furan rings is 1. The summed E-state index contributed by atoms with van der Waals surface area (Å²) >= 11 is 0. The molecule has 3 rings (SSSR count). The molecule has 90 valence electrons. The highest BCUT2D eigenvalue weighted by atomic mass is 19.3. The summed E-state index contributed by atoms with van der Waals surface area (Å²) in [5.41, 5.74) is 0. The molecule has 0 fully saturated rings. The third-order valence-electron chi connectivity index (χ3n) is 2.96. The van der Waals surface area contributed by atoms with Gasteiger partial charge in [0.25, 0.3) is 6.43 Å². The number of alkyl halides is 2. The topological polar surface area (TPSA) is 43.0 Å². The molecule has 2 aromatic heterocycles. The molecule has 17 heavy (non-hydrogen) atoms. The van der Waals surface area contributed by atoms with Crippen molar-refractivity contribution in [3.63, 3.8) is 0 Å². The molecule has 1 N–H and O–H groups in total. The van der Waals surface area contributed by atoms with Crippen LogP contribution in [0.15, 0.2) is 35.1 Å². The van der Waals surface area contributed by atoms with E-state index in [1.54, 1.807) is 24.5 Å². The first-order chi connectivity index (χ1) is 8.25. The van der Waals surface area contributed by atoms with Gasteiger partial charge in [-0.1, -0.05) is 0 Å². The fourth-order valence-corrected chi connectivity index (χ4v) is 2.16. The molecule has 4 nitrogen and oxygen atoms in total. The second-order valence-electron chi connectivity index (χ2n) is 4.01. The highest BCUT2D eigenvalue weighted by Gasteiger charge is 2.34. The second-order valence-corrected chi connectivity index (χ2v) is 4.01. The van der Waals surface area contributed by atoms with Crippen LogP contribution in [-0.2, 0) is 0 Å². The van der Waals surface area contributed by atoms with E-state index in [0.717, 1.165) is 0 Å². The van der Waals surface area contributed by atoms with Gasteiger partial charge in [-0.05, 0) is 12.1 Å². The molecule has 0 bridgehead atoms. The van der Waals surface area contributed by atoms with Gasteiger partial charge in [-0.3, -0.25) is 0 Å². The highest BCUT2D eigenvalue weighted by Crippen LogP contribution is 2.37. The number of halogens is 2. The van der Waals surface area contributed by atoms with E-state index >= 15 is 0 Å². The van der Waals surface area contributed by atoms with Crippen molar-refractivity contribution in [3.05, 3.63) is 36.4 Å². The van der Waals surface area contributed by atoms with E-state index in [1.807, 2.05) is 0 Å². The van der Waals surface area contributed by atoms with E-state index in [2.05, 4.69) is 10.4 Å². The first kappa shape index (κ1) is 10.3. The van der Waals surface area contributed by atoms with Crippen molar-refractivity contribution in [3.8, 4) is 0 Å². The Morgan fingerprint density at radius 3 is 3.06 bits per heavy atom. The van der Waals surface area contributed by atoms with Crippen molar-refractivity contribution in [2.45, 2.75) is 24.9 Å². The molecule has 0 radical (unpaired) electrons. The van der Waals surface area contributed by atoms with E-state index < -0.39 is 12.5 Å². The third-order valence-corrected chi connectivity index (χ3v) is 2.96. The van der Waals surface area contributed by atoms with Gasteiger partial charge in [0.05, 0.1) is 18.5 Å². The van der Waals surface area contributed by atoms with Crippen LogP contribution in [0.2, 0.25) is 0 Å². The van der Waals surface area contributed by atoms with Gasteiger partial charge in [0.15, 0.2) is 0 Å². The Hall–Kier alpha value is -1.85. The van der Waals surface area contributed by atoms with E-state index in [0.29, 0.717) is 11.6 Å².